The van der Waals surface area contributed by atoms with Crippen LogP contribution in [-0.4, -0.2) is 52.3 Å². The summed E-state index contributed by atoms with van der Waals surface area (Å²) in [6.45, 7) is 5.21. The van der Waals surface area contributed by atoms with Gasteiger partial charge in [-0.3, -0.25) is 0 Å². The summed E-state index contributed by atoms with van der Waals surface area (Å²) in [4.78, 5) is 2.37. The van der Waals surface area contributed by atoms with Gasteiger partial charge in [0.15, 0.2) is 0 Å². The SMILES string of the molecule is CCN1CCCC(N)(C2(O)CCSC2)C1. The van der Waals surface area contributed by atoms with Crippen LogP contribution in [0.2, 0.25) is 0 Å². The van der Waals surface area contributed by atoms with Crippen molar-refractivity contribution in [2.24, 2.45) is 5.73 Å². The first-order valence-electron chi connectivity index (χ1n) is 5.91. The molecule has 0 amide bonds. The molecule has 3 N–H and O–H groups in total. The summed E-state index contributed by atoms with van der Waals surface area (Å²) in [7, 11) is 0. The van der Waals surface area contributed by atoms with Crippen LogP contribution in [-0.2, 0) is 0 Å². The van der Waals surface area contributed by atoms with Gasteiger partial charge in [0.1, 0.15) is 0 Å². The lowest BCUT2D eigenvalue weighted by atomic mass is 9.74. The number of thioether (sulfide) groups is 1. The maximum atomic E-state index is 10.6. The van der Waals surface area contributed by atoms with E-state index in [1.54, 1.807) is 0 Å². The van der Waals surface area contributed by atoms with Gasteiger partial charge >= 0.3 is 0 Å². The molecule has 0 radical (unpaired) electrons. The Balaban J connectivity index is 2.10. The van der Waals surface area contributed by atoms with Crippen molar-refractivity contribution in [3.63, 3.8) is 0 Å². The number of likely N-dealkylation sites (tertiary alicyclic amines) is 1. The zero-order valence-electron chi connectivity index (χ0n) is 9.54. The number of rotatable bonds is 2. The molecule has 2 heterocycles. The highest BCUT2D eigenvalue weighted by atomic mass is 32.2. The summed E-state index contributed by atoms with van der Waals surface area (Å²) in [5.74, 6) is 1.88. The van der Waals surface area contributed by atoms with E-state index in [4.69, 9.17) is 5.73 Å². The highest BCUT2D eigenvalue weighted by Gasteiger charge is 2.50. The fourth-order valence-corrected chi connectivity index (χ4v) is 4.17. The van der Waals surface area contributed by atoms with Crippen molar-refractivity contribution in [1.82, 2.24) is 4.90 Å². The van der Waals surface area contributed by atoms with Gasteiger partial charge in [0.25, 0.3) is 0 Å². The van der Waals surface area contributed by atoms with E-state index in [2.05, 4.69) is 11.8 Å². The molecule has 2 fully saturated rings. The van der Waals surface area contributed by atoms with Crippen molar-refractivity contribution in [2.75, 3.05) is 31.1 Å². The van der Waals surface area contributed by atoms with E-state index >= 15 is 0 Å². The summed E-state index contributed by atoms with van der Waals surface area (Å²) in [6.07, 6.45) is 2.96. The number of hydrogen-bond donors (Lipinski definition) is 2. The third-order valence-electron chi connectivity index (χ3n) is 3.98. The average Bonchev–Trinajstić information content (AvgIpc) is 2.67. The summed E-state index contributed by atoms with van der Waals surface area (Å²) >= 11 is 1.83. The van der Waals surface area contributed by atoms with E-state index in [-0.39, 0.29) is 5.54 Å². The summed E-state index contributed by atoms with van der Waals surface area (Å²) in [5, 5.41) is 10.6. The quantitative estimate of drug-likeness (QED) is 0.732. The Hall–Kier alpha value is 0.230. The normalized spacial score (nSPS) is 43.4. The minimum absolute atomic E-state index is 0.370. The van der Waals surface area contributed by atoms with Crippen LogP contribution >= 0.6 is 11.8 Å². The topological polar surface area (TPSA) is 49.5 Å². The van der Waals surface area contributed by atoms with E-state index in [0.717, 1.165) is 50.4 Å². The zero-order valence-corrected chi connectivity index (χ0v) is 10.4. The van der Waals surface area contributed by atoms with E-state index in [1.165, 1.54) is 0 Å². The van der Waals surface area contributed by atoms with Crippen LogP contribution in [0.1, 0.15) is 26.2 Å². The first-order valence-corrected chi connectivity index (χ1v) is 7.06. The molecule has 4 heteroatoms. The predicted molar refractivity (Wildman–Crippen MR) is 65.2 cm³/mol. The van der Waals surface area contributed by atoms with Crippen molar-refractivity contribution in [1.29, 1.82) is 0 Å². The first-order chi connectivity index (χ1) is 7.10. The molecule has 2 rings (SSSR count). The van der Waals surface area contributed by atoms with Crippen LogP contribution < -0.4 is 5.73 Å². The fourth-order valence-electron chi connectivity index (χ4n) is 2.77. The van der Waals surface area contributed by atoms with Crippen molar-refractivity contribution in [3.8, 4) is 0 Å². The Labute approximate surface area is 96.4 Å². The molecule has 0 spiro atoms. The van der Waals surface area contributed by atoms with Gasteiger partial charge in [-0.25, -0.2) is 0 Å². The van der Waals surface area contributed by atoms with Gasteiger partial charge in [0.05, 0.1) is 11.1 Å². The maximum absolute atomic E-state index is 10.6. The lowest BCUT2D eigenvalue weighted by Crippen LogP contribution is -2.68. The largest absolute Gasteiger partial charge is 0.387 e. The van der Waals surface area contributed by atoms with Crippen LogP contribution in [0, 0.1) is 0 Å². The van der Waals surface area contributed by atoms with Crippen LogP contribution in [0.4, 0.5) is 0 Å². The number of aliphatic hydroxyl groups is 1. The Morgan fingerprint density at radius 2 is 2.27 bits per heavy atom. The van der Waals surface area contributed by atoms with Gasteiger partial charge in [-0.2, -0.15) is 11.8 Å². The van der Waals surface area contributed by atoms with Crippen LogP contribution in [0.25, 0.3) is 0 Å². The lowest BCUT2D eigenvalue weighted by molar-refractivity contribution is -0.0456. The van der Waals surface area contributed by atoms with Gasteiger partial charge in [0.2, 0.25) is 0 Å². The average molecular weight is 230 g/mol. The molecule has 2 atom stereocenters. The Kier molecular flexibility index (Phi) is 3.31. The van der Waals surface area contributed by atoms with Crippen LogP contribution in [0.5, 0.6) is 0 Å². The molecule has 3 nitrogen and oxygen atoms in total. The number of hydrogen-bond acceptors (Lipinski definition) is 4. The van der Waals surface area contributed by atoms with Gasteiger partial charge in [-0.05, 0) is 38.1 Å². The lowest BCUT2D eigenvalue weighted by Gasteiger charge is -2.48. The molecule has 2 aliphatic rings. The standard InChI is InChI=1S/C11H22N2OS/c1-2-13-6-3-4-10(12,8-13)11(14)5-7-15-9-11/h14H,2-9,12H2,1H3. The third kappa shape index (κ3) is 2.05. The molecule has 0 aromatic carbocycles. The Morgan fingerprint density at radius 1 is 1.47 bits per heavy atom. The molecule has 88 valence electrons. The Morgan fingerprint density at radius 3 is 2.87 bits per heavy atom. The molecule has 15 heavy (non-hydrogen) atoms. The Bertz CT molecular complexity index is 231. The van der Waals surface area contributed by atoms with E-state index < -0.39 is 5.60 Å². The van der Waals surface area contributed by atoms with E-state index in [1.807, 2.05) is 11.8 Å². The first kappa shape index (κ1) is 11.7. The monoisotopic (exact) mass is 230 g/mol. The van der Waals surface area contributed by atoms with Crippen molar-refractivity contribution in [3.05, 3.63) is 0 Å². The number of nitrogens with zero attached hydrogens (tertiary/aromatic N) is 1. The van der Waals surface area contributed by atoms with Crippen molar-refractivity contribution < 1.29 is 5.11 Å². The summed E-state index contributed by atoms with van der Waals surface area (Å²) in [6, 6.07) is 0. The third-order valence-corrected chi connectivity index (χ3v) is 5.15. The minimum Gasteiger partial charge on any atom is -0.387 e. The maximum Gasteiger partial charge on any atom is 0.0936 e. The molecule has 2 unspecified atom stereocenters. The van der Waals surface area contributed by atoms with Gasteiger partial charge < -0.3 is 15.7 Å². The molecule has 0 aliphatic carbocycles. The predicted octanol–water partition coefficient (Wildman–Crippen LogP) is 0.668. The van der Waals surface area contributed by atoms with Crippen molar-refractivity contribution >= 4 is 11.8 Å². The van der Waals surface area contributed by atoms with Gasteiger partial charge in [-0.1, -0.05) is 6.92 Å². The zero-order chi connectivity index (χ0) is 10.9. The molecule has 2 saturated heterocycles. The molecular weight excluding hydrogens is 208 g/mol. The molecule has 0 bridgehead atoms. The van der Waals surface area contributed by atoms with Gasteiger partial charge in [-0.15, -0.1) is 0 Å². The van der Waals surface area contributed by atoms with Crippen molar-refractivity contribution in [2.45, 2.75) is 37.3 Å². The number of nitrogens with two attached hydrogens (primary N) is 1. The van der Waals surface area contributed by atoms with E-state index in [0.29, 0.717) is 0 Å². The molecule has 0 aromatic rings. The highest BCUT2D eigenvalue weighted by molar-refractivity contribution is 7.99. The van der Waals surface area contributed by atoms with Crippen LogP contribution in [0.15, 0.2) is 0 Å². The second-order valence-corrected chi connectivity index (χ2v) is 6.07. The number of likely N-dealkylation sites (N-methyl/N-ethyl adjacent to an activating group) is 1. The minimum atomic E-state index is -0.620. The fraction of sp³-hybridized carbons (Fsp3) is 1.00. The highest BCUT2D eigenvalue weighted by Crippen LogP contribution is 2.39. The molecule has 0 saturated carbocycles. The van der Waals surface area contributed by atoms with Gasteiger partial charge in [0, 0.05) is 12.3 Å². The summed E-state index contributed by atoms with van der Waals surface area (Å²) in [5.41, 5.74) is 5.47. The number of piperidine rings is 1. The molecular formula is C11H22N2OS. The molecule has 2 aliphatic heterocycles. The second kappa shape index (κ2) is 4.24. The second-order valence-electron chi connectivity index (χ2n) is 4.96. The van der Waals surface area contributed by atoms with Crippen LogP contribution in [0.3, 0.4) is 0 Å². The summed E-state index contributed by atoms with van der Waals surface area (Å²) < 4.78 is 0. The van der Waals surface area contributed by atoms with E-state index in [9.17, 15) is 5.11 Å². The molecule has 0 aromatic heterocycles. The smallest absolute Gasteiger partial charge is 0.0936 e.